The fourth-order valence-electron chi connectivity index (χ4n) is 5.83. The van der Waals surface area contributed by atoms with Crippen LogP contribution in [0.15, 0.2) is 18.2 Å². The van der Waals surface area contributed by atoms with Gasteiger partial charge in [0.2, 0.25) is 0 Å². The Hall–Kier alpha value is -1.26. The van der Waals surface area contributed by atoms with Crippen molar-refractivity contribution in [3.05, 3.63) is 34.9 Å². The Balaban J connectivity index is 1.61. The van der Waals surface area contributed by atoms with Crippen LogP contribution < -0.4 is 0 Å². The first-order valence-corrected chi connectivity index (χ1v) is 9.82. The van der Waals surface area contributed by atoms with Crippen LogP contribution in [0, 0.1) is 42.4 Å². The molecule has 3 aliphatic carbocycles. The van der Waals surface area contributed by atoms with Crippen LogP contribution in [0.4, 0.5) is 0 Å². The summed E-state index contributed by atoms with van der Waals surface area (Å²) in [5.74, 6) is 9.43. The summed E-state index contributed by atoms with van der Waals surface area (Å²) >= 11 is 0. The van der Waals surface area contributed by atoms with Gasteiger partial charge in [0.05, 0.1) is 0 Å². The minimum absolute atomic E-state index is 0.342. The molecule has 0 aromatic heterocycles. The summed E-state index contributed by atoms with van der Waals surface area (Å²) in [7, 11) is 0. The van der Waals surface area contributed by atoms with E-state index in [1.807, 2.05) is 0 Å². The quantitative estimate of drug-likeness (QED) is 0.677. The number of hydrogen-bond donors (Lipinski definition) is 1. The van der Waals surface area contributed by atoms with Crippen molar-refractivity contribution in [3.63, 3.8) is 0 Å². The molecule has 5 atom stereocenters. The van der Waals surface area contributed by atoms with Gasteiger partial charge < -0.3 is 5.11 Å². The molecule has 128 valence electrons. The molecule has 5 unspecified atom stereocenters. The first-order valence-electron chi connectivity index (χ1n) is 9.82. The van der Waals surface area contributed by atoms with Crippen molar-refractivity contribution in [2.45, 2.75) is 70.8 Å². The van der Waals surface area contributed by atoms with Gasteiger partial charge in [-0.15, -0.1) is 0 Å². The monoisotopic (exact) mass is 322 g/mol. The maximum absolute atomic E-state index is 11.2. The molecular formula is C23H30O. The molecule has 2 saturated carbocycles. The third-order valence-corrected chi connectivity index (χ3v) is 6.87. The van der Waals surface area contributed by atoms with E-state index in [2.05, 4.69) is 50.8 Å². The van der Waals surface area contributed by atoms with Gasteiger partial charge in [-0.25, -0.2) is 0 Å². The second kappa shape index (κ2) is 5.92. The average Bonchev–Trinajstić information content (AvgIpc) is 2.90. The summed E-state index contributed by atoms with van der Waals surface area (Å²) in [5.41, 5.74) is 3.87. The molecule has 1 nitrogen and oxygen atoms in total. The molecule has 0 saturated heterocycles. The van der Waals surface area contributed by atoms with Crippen LogP contribution in [0.1, 0.15) is 68.6 Å². The summed E-state index contributed by atoms with van der Waals surface area (Å²) in [6.45, 7) is 6.42. The highest BCUT2D eigenvalue weighted by atomic mass is 16.3. The molecule has 0 amide bonds. The van der Waals surface area contributed by atoms with E-state index in [-0.39, 0.29) is 0 Å². The molecule has 24 heavy (non-hydrogen) atoms. The zero-order chi connectivity index (χ0) is 16.9. The SMILES string of the molecule is Cc1ccc2c(c1)CCC1C2CCC2C1CCC2(O)C#CC(C)C. The van der Waals surface area contributed by atoms with Crippen molar-refractivity contribution >= 4 is 0 Å². The molecule has 1 aromatic carbocycles. The Morgan fingerprint density at radius 1 is 1.12 bits per heavy atom. The maximum atomic E-state index is 11.2. The van der Waals surface area contributed by atoms with Crippen molar-refractivity contribution in [2.75, 3.05) is 0 Å². The van der Waals surface area contributed by atoms with E-state index in [0.29, 0.717) is 17.8 Å². The second-order valence-corrected chi connectivity index (χ2v) is 8.75. The van der Waals surface area contributed by atoms with E-state index >= 15 is 0 Å². The van der Waals surface area contributed by atoms with Crippen LogP contribution in [0.25, 0.3) is 0 Å². The first kappa shape index (κ1) is 16.2. The third kappa shape index (κ3) is 2.60. The summed E-state index contributed by atoms with van der Waals surface area (Å²) in [6.07, 6.45) is 6.94. The van der Waals surface area contributed by atoms with Gasteiger partial charge in [0.15, 0.2) is 0 Å². The van der Waals surface area contributed by atoms with Gasteiger partial charge >= 0.3 is 0 Å². The highest BCUT2D eigenvalue weighted by molar-refractivity contribution is 5.38. The topological polar surface area (TPSA) is 20.2 Å². The lowest BCUT2D eigenvalue weighted by Gasteiger charge is -2.46. The Bertz CT molecular complexity index is 692. The Morgan fingerprint density at radius 3 is 2.75 bits per heavy atom. The molecule has 1 aromatic rings. The predicted molar refractivity (Wildman–Crippen MR) is 98.7 cm³/mol. The molecule has 3 aliphatic rings. The minimum atomic E-state index is -0.715. The Labute approximate surface area is 146 Å². The molecular weight excluding hydrogens is 292 g/mol. The zero-order valence-electron chi connectivity index (χ0n) is 15.3. The smallest absolute Gasteiger partial charge is 0.128 e. The van der Waals surface area contributed by atoms with Crippen LogP contribution in [0.5, 0.6) is 0 Å². The Morgan fingerprint density at radius 2 is 1.96 bits per heavy atom. The summed E-state index contributed by atoms with van der Waals surface area (Å²) < 4.78 is 0. The van der Waals surface area contributed by atoms with Gasteiger partial charge in [0.25, 0.3) is 0 Å². The number of aliphatic hydroxyl groups is 1. The minimum Gasteiger partial charge on any atom is -0.377 e. The summed E-state index contributed by atoms with van der Waals surface area (Å²) in [6, 6.07) is 7.07. The number of rotatable bonds is 0. The third-order valence-electron chi connectivity index (χ3n) is 6.87. The summed E-state index contributed by atoms with van der Waals surface area (Å²) in [5, 5.41) is 11.2. The molecule has 0 aliphatic heterocycles. The van der Waals surface area contributed by atoms with Gasteiger partial charge in [-0.1, -0.05) is 49.5 Å². The molecule has 2 fully saturated rings. The number of benzene rings is 1. The van der Waals surface area contributed by atoms with Crippen LogP contribution in [-0.2, 0) is 6.42 Å². The van der Waals surface area contributed by atoms with Crippen LogP contribution in [0.3, 0.4) is 0 Å². The van der Waals surface area contributed by atoms with Crippen molar-refractivity contribution in [3.8, 4) is 11.8 Å². The van der Waals surface area contributed by atoms with Gasteiger partial charge in [-0.3, -0.25) is 0 Å². The van der Waals surface area contributed by atoms with Gasteiger partial charge in [0, 0.05) is 11.8 Å². The van der Waals surface area contributed by atoms with E-state index in [4.69, 9.17) is 0 Å². The van der Waals surface area contributed by atoms with Gasteiger partial charge in [-0.2, -0.15) is 0 Å². The van der Waals surface area contributed by atoms with Crippen molar-refractivity contribution in [2.24, 2.45) is 23.7 Å². The number of hydrogen-bond acceptors (Lipinski definition) is 1. The van der Waals surface area contributed by atoms with E-state index in [1.54, 1.807) is 11.1 Å². The largest absolute Gasteiger partial charge is 0.377 e. The summed E-state index contributed by atoms with van der Waals surface area (Å²) in [4.78, 5) is 0. The zero-order valence-corrected chi connectivity index (χ0v) is 15.3. The standard InChI is InChI=1S/C23H30O/c1-15(2)10-12-23(24)13-11-21-20-7-5-17-14-16(3)4-6-18(17)19(20)8-9-22(21)23/h4,6,14-15,19-22,24H,5,7-9,11,13H2,1-3H3. The van der Waals surface area contributed by atoms with Crippen LogP contribution in [0.2, 0.25) is 0 Å². The van der Waals surface area contributed by atoms with Crippen molar-refractivity contribution < 1.29 is 5.11 Å². The fraction of sp³-hybridized carbons (Fsp3) is 0.652. The molecule has 0 heterocycles. The van der Waals surface area contributed by atoms with E-state index in [1.165, 1.54) is 24.8 Å². The fourth-order valence-corrected chi connectivity index (χ4v) is 5.83. The van der Waals surface area contributed by atoms with Crippen LogP contribution >= 0.6 is 0 Å². The average molecular weight is 322 g/mol. The predicted octanol–water partition coefficient (Wildman–Crippen LogP) is 4.85. The normalized spacial score (nSPS) is 37.2. The molecule has 1 heteroatoms. The lowest BCUT2D eigenvalue weighted by Crippen LogP contribution is -2.42. The van der Waals surface area contributed by atoms with Crippen molar-refractivity contribution in [1.29, 1.82) is 0 Å². The molecule has 0 bridgehead atoms. The first-order chi connectivity index (χ1) is 11.5. The van der Waals surface area contributed by atoms with Crippen LogP contribution in [-0.4, -0.2) is 10.7 Å². The Kier molecular flexibility index (Phi) is 4.00. The van der Waals surface area contributed by atoms with E-state index < -0.39 is 5.60 Å². The van der Waals surface area contributed by atoms with E-state index in [9.17, 15) is 5.11 Å². The number of fused-ring (bicyclic) bond motifs is 5. The molecule has 4 rings (SSSR count). The second-order valence-electron chi connectivity index (χ2n) is 8.75. The molecule has 0 radical (unpaired) electrons. The van der Waals surface area contributed by atoms with Crippen molar-refractivity contribution in [1.82, 2.24) is 0 Å². The lowest BCUT2D eigenvalue weighted by atomic mass is 9.59. The number of aryl methyl sites for hydroxylation is 2. The van der Waals surface area contributed by atoms with Gasteiger partial charge in [-0.05, 0) is 74.3 Å². The van der Waals surface area contributed by atoms with E-state index in [0.717, 1.165) is 31.1 Å². The highest BCUT2D eigenvalue weighted by Gasteiger charge is 2.53. The van der Waals surface area contributed by atoms with Gasteiger partial charge in [0.1, 0.15) is 5.60 Å². The highest BCUT2D eigenvalue weighted by Crippen LogP contribution is 2.57. The maximum Gasteiger partial charge on any atom is 0.128 e. The molecule has 0 spiro atoms. The lowest BCUT2D eigenvalue weighted by molar-refractivity contribution is 0.00922. The molecule has 1 N–H and O–H groups in total.